The number of hydrogen-bond donors (Lipinski definition) is 0. The van der Waals surface area contributed by atoms with Gasteiger partial charge in [-0.15, -0.1) is 0 Å². The fraction of sp³-hybridized carbons (Fsp3) is 0. The summed E-state index contributed by atoms with van der Waals surface area (Å²) in [4.78, 5) is 0. The zero-order valence-electron chi connectivity index (χ0n) is 33.6. The van der Waals surface area contributed by atoms with Gasteiger partial charge in [0, 0.05) is 16.5 Å². The van der Waals surface area contributed by atoms with Crippen molar-refractivity contribution >= 4 is 44.2 Å². The second-order valence-electron chi connectivity index (χ2n) is 15.7. The van der Waals surface area contributed by atoms with Gasteiger partial charge in [0.1, 0.15) is 0 Å². The molecule has 0 unspecified atom stereocenters. The average molecular weight is 776 g/mol. The van der Waals surface area contributed by atoms with E-state index in [0.717, 1.165) is 11.3 Å². The van der Waals surface area contributed by atoms with Crippen LogP contribution in [0, 0.1) is 0 Å². The Balaban J connectivity index is 1.03. The van der Waals surface area contributed by atoms with Gasteiger partial charge in [-0.25, -0.2) is 0 Å². The molecule has 0 bridgehead atoms. The molecule has 0 saturated heterocycles. The van der Waals surface area contributed by atoms with E-state index in [2.05, 4.69) is 253 Å². The molecule has 0 amide bonds. The van der Waals surface area contributed by atoms with Crippen LogP contribution in [0.1, 0.15) is 16.7 Å². The summed E-state index contributed by atoms with van der Waals surface area (Å²) in [6.45, 7) is 0. The van der Waals surface area contributed by atoms with Gasteiger partial charge in [0.25, 0.3) is 0 Å². The number of benzene rings is 10. The van der Waals surface area contributed by atoms with Gasteiger partial charge in [0.05, 0.1) is 11.0 Å². The number of rotatable bonds is 8. The third kappa shape index (κ3) is 6.83. The van der Waals surface area contributed by atoms with E-state index >= 15 is 0 Å². The van der Waals surface area contributed by atoms with Crippen LogP contribution in [0.15, 0.2) is 243 Å². The van der Waals surface area contributed by atoms with E-state index in [4.69, 9.17) is 0 Å². The van der Waals surface area contributed by atoms with Crippen LogP contribution in [0.3, 0.4) is 0 Å². The fourth-order valence-corrected chi connectivity index (χ4v) is 9.04. The van der Waals surface area contributed by atoms with E-state index in [1.165, 1.54) is 93.8 Å². The van der Waals surface area contributed by atoms with Crippen LogP contribution in [0.4, 0.5) is 0 Å². The lowest BCUT2D eigenvalue weighted by Crippen LogP contribution is -1.94. The highest BCUT2D eigenvalue weighted by atomic mass is 15.0. The van der Waals surface area contributed by atoms with Crippen LogP contribution in [0.5, 0.6) is 0 Å². The van der Waals surface area contributed by atoms with Crippen molar-refractivity contribution in [1.82, 2.24) is 4.57 Å². The largest absolute Gasteiger partial charge is 0.309 e. The van der Waals surface area contributed by atoms with Gasteiger partial charge in [-0.1, -0.05) is 212 Å². The average Bonchev–Trinajstić information content (AvgIpc) is 3.67. The van der Waals surface area contributed by atoms with Gasteiger partial charge in [0.2, 0.25) is 0 Å². The number of aromatic nitrogens is 1. The predicted octanol–water partition coefficient (Wildman–Crippen LogP) is 16.2. The van der Waals surface area contributed by atoms with E-state index in [9.17, 15) is 0 Å². The van der Waals surface area contributed by atoms with Crippen molar-refractivity contribution in [3.8, 4) is 50.2 Å². The van der Waals surface area contributed by atoms with Gasteiger partial charge in [-0.2, -0.15) is 0 Å². The van der Waals surface area contributed by atoms with Crippen LogP contribution in [0.2, 0.25) is 0 Å². The normalized spacial score (nSPS) is 11.7. The quantitative estimate of drug-likeness (QED) is 0.136. The van der Waals surface area contributed by atoms with Gasteiger partial charge in [-0.3, -0.25) is 0 Å². The lowest BCUT2D eigenvalue weighted by atomic mass is 9.88. The Labute approximate surface area is 356 Å². The second kappa shape index (κ2) is 15.6. The summed E-state index contributed by atoms with van der Waals surface area (Å²) in [7, 11) is 0. The molecule has 10 aromatic carbocycles. The highest BCUT2D eigenvalue weighted by Gasteiger charge is 2.17. The van der Waals surface area contributed by atoms with E-state index < -0.39 is 0 Å². The van der Waals surface area contributed by atoms with Crippen molar-refractivity contribution in [3.05, 3.63) is 259 Å². The fourth-order valence-electron chi connectivity index (χ4n) is 9.04. The Kier molecular flexibility index (Phi) is 9.26. The van der Waals surface area contributed by atoms with Gasteiger partial charge >= 0.3 is 0 Å². The molecule has 0 atom stereocenters. The monoisotopic (exact) mass is 775 g/mol. The first kappa shape index (κ1) is 36.1. The molecule has 0 N–H and O–H groups in total. The molecule has 1 heteroatoms. The Morgan fingerprint density at radius 2 is 0.836 bits per heavy atom. The lowest BCUT2D eigenvalue weighted by molar-refractivity contribution is 1.18. The molecule has 0 spiro atoms. The third-order valence-electron chi connectivity index (χ3n) is 12.0. The van der Waals surface area contributed by atoms with Crippen LogP contribution in [0.25, 0.3) is 94.4 Å². The first-order valence-corrected chi connectivity index (χ1v) is 21.0. The standard InChI is InChI=1S/C60H41N/c1-3-15-43(16-4-1)45-31-29-42(30-32-45)39-58(55-27-14-20-47-19-7-8-23-52(47)55)49-22-13-21-48(40-49)53-24-9-10-25-54(53)50-35-38-57-56-26-11-12-28-59(56)61(60(57)41-50)51-36-33-46(34-37-51)44-17-5-2-6-18-44/h1-41H. The maximum atomic E-state index is 2.42. The molecule has 11 aromatic rings. The second-order valence-corrected chi connectivity index (χ2v) is 15.7. The van der Waals surface area contributed by atoms with Crippen LogP contribution >= 0.6 is 0 Å². The predicted molar refractivity (Wildman–Crippen MR) is 260 cm³/mol. The number of para-hydroxylation sites is 1. The van der Waals surface area contributed by atoms with Crippen molar-refractivity contribution in [2.75, 3.05) is 0 Å². The molecule has 0 radical (unpaired) electrons. The van der Waals surface area contributed by atoms with Crippen LogP contribution < -0.4 is 0 Å². The summed E-state index contributed by atoms with van der Waals surface area (Å²) < 4.78 is 2.42. The number of nitrogens with zero attached hydrogens (tertiary/aromatic N) is 1. The molecule has 0 aliphatic carbocycles. The maximum Gasteiger partial charge on any atom is 0.0547 e. The van der Waals surface area contributed by atoms with Crippen molar-refractivity contribution < 1.29 is 0 Å². The summed E-state index contributed by atoms with van der Waals surface area (Å²) in [5.41, 5.74) is 17.9. The molecule has 0 aliphatic heterocycles. The highest BCUT2D eigenvalue weighted by Crippen LogP contribution is 2.40. The molecular weight excluding hydrogens is 735 g/mol. The summed E-state index contributed by atoms with van der Waals surface area (Å²) >= 11 is 0. The summed E-state index contributed by atoms with van der Waals surface area (Å²) in [6.07, 6.45) is 2.35. The minimum absolute atomic E-state index is 1.14. The first-order valence-electron chi connectivity index (χ1n) is 21.0. The SMILES string of the molecule is C(=C(c1cccc(-c2ccccc2-c2ccc3c4ccccc4n(-c4ccc(-c5ccccc5)cc4)c3c2)c1)c1cccc2ccccc12)c1ccc(-c2ccccc2)cc1. The molecule has 0 fully saturated rings. The van der Waals surface area contributed by atoms with Crippen molar-refractivity contribution in [1.29, 1.82) is 0 Å². The molecule has 1 heterocycles. The smallest absolute Gasteiger partial charge is 0.0547 e. The Morgan fingerprint density at radius 1 is 0.328 bits per heavy atom. The molecule has 0 saturated carbocycles. The van der Waals surface area contributed by atoms with E-state index in [1.807, 2.05) is 0 Å². The lowest BCUT2D eigenvalue weighted by Gasteiger charge is -2.16. The summed E-state index contributed by atoms with van der Waals surface area (Å²) in [5.74, 6) is 0. The van der Waals surface area contributed by atoms with Gasteiger partial charge < -0.3 is 4.57 Å². The van der Waals surface area contributed by atoms with Crippen molar-refractivity contribution in [2.24, 2.45) is 0 Å². The third-order valence-corrected chi connectivity index (χ3v) is 12.0. The topological polar surface area (TPSA) is 4.93 Å². The molecule has 0 aliphatic rings. The minimum Gasteiger partial charge on any atom is -0.309 e. The van der Waals surface area contributed by atoms with Crippen LogP contribution in [-0.2, 0) is 0 Å². The van der Waals surface area contributed by atoms with Crippen molar-refractivity contribution in [2.45, 2.75) is 0 Å². The molecule has 1 aromatic heterocycles. The molecule has 1 nitrogen and oxygen atoms in total. The minimum atomic E-state index is 1.14. The zero-order chi connectivity index (χ0) is 40.5. The number of hydrogen-bond acceptors (Lipinski definition) is 0. The highest BCUT2D eigenvalue weighted by molar-refractivity contribution is 6.10. The van der Waals surface area contributed by atoms with Gasteiger partial charge in [0.15, 0.2) is 0 Å². The summed E-state index contributed by atoms with van der Waals surface area (Å²) in [6, 6.07) is 88.1. The Hall–Kier alpha value is -8.00. The van der Waals surface area contributed by atoms with E-state index in [-0.39, 0.29) is 0 Å². The molecule has 286 valence electrons. The zero-order valence-corrected chi connectivity index (χ0v) is 33.6. The molecular formula is C60H41N. The van der Waals surface area contributed by atoms with Crippen LogP contribution in [-0.4, -0.2) is 4.57 Å². The van der Waals surface area contributed by atoms with E-state index in [1.54, 1.807) is 0 Å². The summed E-state index contributed by atoms with van der Waals surface area (Å²) in [5, 5.41) is 4.96. The van der Waals surface area contributed by atoms with E-state index in [0.29, 0.717) is 0 Å². The number of fused-ring (bicyclic) bond motifs is 4. The Morgan fingerprint density at radius 3 is 1.56 bits per heavy atom. The maximum absolute atomic E-state index is 2.42. The Bertz CT molecular complexity index is 3370. The van der Waals surface area contributed by atoms with Crippen molar-refractivity contribution in [3.63, 3.8) is 0 Å². The first-order chi connectivity index (χ1) is 30.2. The molecule has 11 rings (SSSR count). The van der Waals surface area contributed by atoms with Gasteiger partial charge in [-0.05, 0) is 114 Å². The molecule has 61 heavy (non-hydrogen) atoms.